The minimum absolute atomic E-state index is 0.128. The lowest BCUT2D eigenvalue weighted by atomic mass is 9.55. The van der Waals surface area contributed by atoms with Crippen LogP contribution in [-0.4, -0.2) is 28.5 Å². The van der Waals surface area contributed by atoms with Gasteiger partial charge < -0.3 is 8.85 Å². The van der Waals surface area contributed by atoms with Crippen molar-refractivity contribution in [3.8, 4) is 5.75 Å². The van der Waals surface area contributed by atoms with Crippen LogP contribution in [0.15, 0.2) is 18.2 Å². The lowest BCUT2D eigenvalue weighted by Gasteiger charge is -2.50. The molecule has 0 aromatic heterocycles. The highest BCUT2D eigenvalue weighted by Gasteiger charge is 2.59. The van der Waals surface area contributed by atoms with Crippen molar-refractivity contribution in [2.75, 3.05) is 0 Å². The molecule has 0 N–H and O–H groups in total. The van der Waals surface area contributed by atoms with Crippen molar-refractivity contribution in [2.45, 2.75) is 90.3 Å². The number of carbonyl (C=O) groups is 1. The Morgan fingerprint density at radius 1 is 1.03 bits per heavy atom. The predicted octanol–water partition coefficient (Wildman–Crippen LogP) is 6.16. The number of hydrogen-bond acceptors (Lipinski definition) is 3. The van der Waals surface area contributed by atoms with Crippen LogP contribution in [0.1, 0.15) is 49.7 Å². The van der Waals surface area contributed by atoms with Gasteiger partial charge in [-0.05, 0) is 106 Å². The molecule has 5 atom stereocenters. The van der Waals surface area contributed by atoms with Crippen LogP contribution in [0.25, 0.3) is 0 Å². The third-order valence-corrected chi connectivity index (χ3v) is 9.16. The second-order valence-corrected chi connectivity index (χ2v) is 20.7. The molecule has 2 saturated carbocycles. The fourth-order valence-electron chi connectivity index (χ4n) is 6.35. The number of aryl methyl sites for hydroxylation is 1. The quantitative estimate of drug-likeness (QED) is 0.537. The van der Waals surface area contributed by atoms with E-state index in [0.29, 0.717) is 30.0 Å². The molecular weight excluding hydrogens is 392 g/mol. The fraction of sp³-hybridized carbons (Fsp3) is 0.708. The molecule has 3 nitrogen and oxygen atoms in total. The predicted molar refractivity (Wildman–Crippen MR) is 124 cm³/mol. The largest absolute Gasteiger partial charge is 0.544 e. The number of hydrogen-bond donors (Lipinski definition) is 0. The van der Waals surface area contributed by atoms with Gasteiger partial charge >= 0.3 is 0 Å². The highest BCUT2D eigenvalue weighted by Crippen LogP contribution is 2.60. The first kappa shape index (κ1) is 21.3. The summed E-state index contributed by atoms with van der Waals surface area (Å²) in [7, 11) is -3.28. The molecule has 0 saturated heterocycles. The minimum Gasteiger partial charge on any atom is -0.544 e. The highest BCUT2D eigenvalue weighted by atomic mass is 28.4. The Hall–Kier alpha value is -0.916. The molecule has 1 aromatic rings. The van der Waals surface area contributed by atoms with Crippen molar-refractivity contribution < 1.29 is 13.6 Å². The minimum atomic E-state index is -1.68. The summed E-state index contributed by atoms with van der Waals surface area (Å²) in [5.74, 6) is 3.01. The van der Waals surface area contributed by atoms with Crippen molar-refractivity contribution in [1.29, 1.82) is 0 Å². The van der Waals surface area contributed by atoms with Gasteiger partial charge in [0, 0.05) is 11.8 Å². The number of benzene rings is 1. The zero-order valence-corrected chi connectivity index (χ0v) is 21.3. The maximum Gasteiger partial charge on any atom is 0.242 e. The Morgan fingerprint density at radius 3 is 2.41 bits per heavy atom. The van der Waals surface area contributed by atoms with Gasteiger partial charge in [0.2, 0.25) is 8.32 Å². The Bertz CT molecular complexity index is 807. The van der Waals surface area contributed by atoms with E-state index >= 15 is 0 Å². The van der Waals surface area contributed by atoms with Gasteiger partial charge in [0.05, 0.1) is 6.10 Å². The average Bonchev–Trinajstić information content (AvgIpc) is 2.81. The van der Waals surface area contributed by atoms with E-state index in [1.165, 1.54) is 17.5 Å². The first-order chi connectivity index (χ1) is 13.4. The van der Waals surface area contributed by atoms with Crippen LogP contribution in [-0.2, 0) is 15.6 Å². The maximum atomic E-state index is 13.0. The highest BCUT2D eigenvalue weighted by molar-refractivity contribution is 6.70. The molecule has 0 radical (unpaired) electrons. The Balaban J connectivity index is 1.64. The molecule has 0 heterocycles. The second-order valence-electron chi connectivity index (χ2n) is 11.8. The van der Waals surface area contributed by atoms with E-state index in [-0.39, 0.29) is 11.5 Å². The van der Waals surface area contributed by atoms with Crippen molar-refractivity contribution in [3.05, 3.63) is 29.3 Å². The summed E-state index contributed by atoms with van der Waals surface area (Å²) in [6, 6.07) is 6.81. The normalized spacial score (nSPS) is 34.4. The van der Waals surface area contributed by atoms with Crippen molar-refractivity contribution in [3.63, 3.8) is 0 Å². The molecule has 0 unspecified atom stereocenters. The molecule has 160 valence electrons. The number of ketones is 1. The molecule has 0 bridgehead atoms. The summed E-state index contributed by atoms with van der Waals surface area (Å²) in [4.78, 5) is 13.0. The van der Waals surface area contributed by atoms with E-state index in [1.54, 1.807) is 0 Å². The fourth-order valence-corrected chi connectivity index (χ4v) is 8.32. The lowest BCUT2D eigenvalue weighted by Crippen LogP contribution is -2.47. The second kappa shape index (κ2) is 7.06. The number of Topliss-reactive ketones (excluding diaryl/α,β-unsaturated/α-hetero) is 1. The summed E-state index contributed by atoms with van der Waals surface area (Å²) in [6.45, 7) is 15.7. The van der Waals surface area contributed by atoms with Crippen LogP contribution >= 0.6 is 0 Å². The van der Waals surface area contributed by atoms with E-state index < -0.39 is 16.6 Å². The van der Waals surface area contributed by atoms with Gasteiger partial charge in [-0.25, -0.2) is 0 Å². The Labute approximate surface area is 178 Å². The molecule has 4 rings (SSSR count). The summed E-state index contributed by atoms with van der Waals surface area (Å²) in [5, 5.41) is 0. The topological polar surface area (TPSA) is 35.5 Å². The average molecular weight is 431 g/mol. The van der Waals surface area contributed by atoms with Crippen molar-refractivity contribution in [2.24, 2.45) is 17.3 Å². The summed E-state index contributed by atoms with van der Waals surface area (Å²) < 4.78 is 12.9. The van der Waals surface area contributed by atoms with Crippen LogP contribution in [0.4, 0.5) is 0 Å². The number of rotatable bonds is 4. The van der Waals surface area contributed by atoms with Gasteiger partial charge in [0.1, 0.15) is 11.5 Å². The summed E-state index contributed by atoms with van der Waals surface area (Å²) >= 11 is 0. The van der Waals surface area contributed by atoms with Gasteiger partial charge in [-0.15, -0.1) is 0 Å². The zero-order valence-electron chi connectivity index (χ0n) is 19.3. The molecule has 5 heteroatoms. The molecule has 29 heavy (non-hydrogen) atoms. The third kappa shape index (κ3) is 4.02. The van der Waals surface area contributed by atoms with Gasteiger partial charge in [-0.1, -0.05) is 13.0 Å². The van der Waals surface area contributed by atoms with E-state index in [1.807, 2.05) is 0 Å². The molecule has 3 aliphatic carbocycles. The van der Waals surface area contributed by atoms with Gasteiger partial charge in [-0.3, -0.25) is 4.79 Å². The third-order valence-electron chi connectivity index (χ3n) is 7.30. The van der Waals surface area contributed by atoms with E-state index in [2.05, 4.69) is 64.4 Å². The van der Waals surface area contributed by atoms with Crippen molar-refractivity contribution in [1.82, 2.24) is 0 Å². The van der Waals surface area contributed by atoms with Crippen LogP contribution in [0.5, 0.6) is 5.75 Å². The van der Waals surface area contributed by atoms with Gasteiger partial charge in [0.25, 0.3) is 0 Å². The summed E-state index contributed by atoms with van der Waals surface area (Å²) in [5.41, 5.74) is 2.80. The first-order valence-corrected chi connectivity index (χ1v) is 18.2. The van der Waals surface area contributed by atoms with Crippen LogP contribution in [0.2, 0.25) is 39.3 Å². The van der Waals surface area contributed by atoms with E-state index in [4.69, 9.17) is 8.85 Å². The molecule has 2 fully saturated rings. The van der Waals surface area contributed by atoms with Crippen LogP contribution < -0.4 is 4.43 Å². The zero-order chi connectivity index (χ0) is 21.2. The van der Waals surface area contributed by atoms with E-state index in [0.717, 1.165) is 25.0 Å². The van der Waals surface area contributed by atoms with Crippen LogP contribution in [0, 0.1) is 17.3 Å². The number of fused-ring (bicyclic) bond motifs is 5. The number of carbonyl (C=O) groups excluding carboxylic acids is 1. The smallest absolute Gasteiger partial charge is 0.242 e. The maximum absolute atomic E-state index is 13.0. The lowest BCUT2D eigenvalue weighted by molar-refractivity contribution is -0.129. The monoisotopic (exact) mass is 430 g/mol. The molecular formula is C24H38O3Si2. The molecule has 0 spiro atoms. The Morgan fingerprint density at radius 2 is 1.76 bits per heavy atom. The molecule has 1 aromatic carbocycles. The molecule has 3 aliphatic rings. The summed E-state index contributed by atoms with van der Waals surface area (Å²) in [6.07, 6.45) is 5.17. The first-order valence-electron chi connectivity index (χ1n) is 11.4. The SMILES string of the molecule is C[C@]12CC[C@@H]3c4ccc(O[Si](C)(C)C)cc4CC[C@H]3[C@@H]1[C@@H](O[Si](C)(C)C)CC2=O. The van der Waals surface area contributed by atoms with Crippen molar-refractivity contribution >= 4 is 22.4 Å². The van der Waals surface area contributed by atoms with Gasteiger partial charge in [-0.2, -0.15) is 0 Å². The Kier molecular flexibility index (Phi) is 5.19. The molecule has 0 amide bonds. The molecule has 0 aliphatic heterocycles. The van der Waals surface area contributed by atoms with Gasteiger partial charge in [0.15, 0.2) is 8.32 Å². The van der Waals surface area contributed by atoms with Crippen LogP contribution in [0.3, 0.4) is 0 Å². The van der Waals surface area contributed by atoms with E-state index in [9.17, 15) is 4.79 Å². The standard InChI is InChI=1S/C24H38O3Si2/c1-24-13-12-19-18-11-9-17(26-28(2,3)4)14-16(18)8-10-20(19)23(24)21(15-22(24)25)27-29(5,6)7/h9,11,14,19-21,23H,8,10,12-13,15H2,1-7H3/t19-,20-,21+,23-,24-/m1/s1.